The molecule has 1 atom stereocenters. The number of likely N-dealkylation sites (N-methyl/N-ethyl adjacent to an activating group) is 1. The van der Waals surface area contributed by atoms with E-state index in [1.165, 1.54) is 24.3 Å². The van der Waals surface area contributed by atoms with Gasteiger partial charge in [-0.2, -0.15) is 0 Å². The Kier molecular flexibility index (Phi) is 5.57. The standard InChI is InChI=1S/C21H23FN6O2S/c1-11-5-17-19(31-11)18(20(30)28-9-16(10-28)27(4)13(3)29)26-21(25-17)24-12(2)14-6-15(22)8-23-7-14/h5-8,12,16H,9-10H2,1-4H3,(H,24,25,26)/t12-/m0/s1. The molecule has 8 nitrogen and oxygen atoms in total. The number of anilines is 1. The summed E-state index contributed by atoms with van der Waals surface area (Å²) in [6, 6.07) is 3.03. The SMILES string of the molecule is CC(=O)N(C)C1CN(C(=O)c2nc(N[C@@H](C)c3cncc(F)c3)nc3cc(C)sc23)C1. The number of hydrogen-bond acceptors (Lipinski definition) is 7. The van der Waals surface area contributed by atoms with Gasteiger partial charge in [-0.1, -0.05) is 0 Å². The van der Waals surface area contributed by atoms with Crippen molar-refractivity contribution in [2.75, 3.05) is 25.5 Å². The second-order valence-corrected chi connectivity index (χ2v) is 9.02. The highest BCUT2D eigenvalue weighted by Crippen LogP contribution is 2.30. The van der Waals surface area contributed by atoms with Crippen molar-refractivity contribution < 1.29 is 14.0 Å². The highest BCUT2D eigenvalue weighted by atomic mass is 32.1. The van der Waals surface area contributed by atoms with Crippen LogP contribution in [0.4, 0.5) is 10.3 Å². The minimum absolute atomic E-state index is 0.0157. The Morgan fingerprint density at radius 2 is 2.03 bits per heavy atom. The van der Waals surface area contributed by atoms with E-state index in [0.717, 1.165) is 15.8 Å². The Labute approximate surface area is 183 Å². The fraction of sp³-hybridized carbons (Fsp3) is 0.381. The summed E-state index contributed by atoms with van der Waals surface area (Å²) in [7, 11) is 1.74. The van der Waals surface area contributed by atoms with Crippen LogP contribution in [0.1, 0.15) is 40.8 Å². The van der Waals surface area contributed by atoms with Gasteiger partial charge in [-0.15, -0.1) is 11.3 Å². The van der Waals surface area contributed by atoms with Gasteiger partial charge in [0.15, 0.2) is 5.69 Å². The van der Waals surface area contributed by atoms with Crippen molar-refractivity contribution in [3.05, 3.63) is 46.5 Å². The molecule has 0 radical (unpaired) electrons. The maximum Gasteiger partial charge on any atom is 0.274 e. The molecule has 3 aromatic heterocycles. The maximum atomic E-state index is 13.5. The van der Waals surface area contributed by atoms with Crippen LogP contribution >= 0.6 is 11.3 Å². The van der Waals surface area contributed by atoms with Gasteiger partial charge < -0.3 is 15.1 Å². The lowest BCUT2D eigenvalue weighted by atomic mass is 10.1. The zero-order chi connectivity index (χ0) is 22.3. The molecule has 0 unspecified atom stereocenters. The normalized spacial score (nSPS) is 14.9. The number of halogens is 1. The zero-order valence-corrected chi connectivity index (χ0v) is 18.5. The van der Waals surface area contributed by atoms with Crippen molar-refractivity contribution in [3.63, 3.8) is 0 Å². The molecular formula is C21H23FN6O2S. The molecule has 3 aromatic rings. The van der Waals surface area contributed by atoms with E-state index in [4.69, 9.17) is 0 Å². The van der Waals surface area contributed by atoms with Crippen molar-refractivity contribution in [3.8, 4) is 0 Å². The van der Waals surface area contributed by atoms with Gasteiger partial charge in [0, 0.05) is 38.1 Å². The molecule has 1 N–H and O–H groups in total. The number of aryl methyl sites for hydroxylation is 1. The number of hydrogen-bond donors (Lipinski definition) is 1. The third-order valence-corrected chi connectivity index (χ3v) is 6.51. The van der Waals surface area contributed by atoms with E-state index in [0.29, 0.717) is 35.8 Å². The summed E-state index contributed by atoms with van der Waals surface area (Å²) in [4.78, 5) is 42.0. The Balaban J connectivity index is 1.60. The van der Waals surface area contributed by atoms with Gasteiger partial charge in [0.1, 0.15) is 5.82 Å². The molecule has 31 heavy (non-hydrogen) atoms. The van der Waals surface area contributed by atoms with Gasteiger partial charge in [-0.3, -0.25) is 14.6 Å². The third kappa shape index (κ3) is 4.20. The Bertz CT molecular complexity index is 1160. The van der Waals surface area contributed by atoms with Gasteiger partial charge in [0.2, 0.25) is 11.9 Å². The first kappa shape index (κ1) is 21.1. The van der Waals surface area contributed by atoms with Gasteiger partial charge in [-0.25, -0.2) is 14.4 Å². The number of nitrogens with zero attached hydrogens (tertiary/aromatic N) is 5. The minimum Gasteiger partial charge on any atom is -0.348 e. The molecule has 2 amide bonds. The molecule has 1 fully saturated rings. The van der Waals surface area contributed by atoms with Crippen LogP contribution in [0.2, 0.25) is 0 Å². The lowest BCUT2D eigenvalue weighted by Gasteiger charge is -2.43. The second kappa shape index (κ2) is 8.18. The van der Waals surface area contributed by atoms with Gasteiger partial charge in [-0.05, 0) is 31.5 Å². The van der Waals surface area contributed by atoms with E-state index < -0.39 is 5.82 Å². The van der Waals surface area contributed by atoms with E-state index in [2.05, 4.69) is 20.3 Å². The van der Waals surface area contributed by atoms with Crippen molar-refractivity contribution in [1.29, 1.82) is 0 Å². The second-order valence-electron chi connectivity index (χ2n) is 7.76. The van der Waals surface area contributed by atoms with Gasteiger partial charge >= 0.3 is 0 Å². The van der Waals surface area contributed by atoms with Crippen molar-refractivity contribution >= 4 is 39.3 Å². The van der Waals surface area contributed by atoms with Crippen LogP contribution in [0.3, 0.4) is 0 Å². The quantitative estimate of drug-likeness (QED) is 0.653. The molecule has 162 valence electrons. The summed E-state index contributed by atoms with van der Waals surface area (Å²) >= 11 is 1.47. The molecule has 4 heterocycles. The Morgan fingerprint density at radius 1 is 1.29 bits per heavy atom. The first-order chi connectivity index (χ1) is 14.7. The summed E-state index contributed by atoms with van der Waals surface area (Å²) < 4.78 is 14.3. The van der Waals surface area contributed by atoms with Crippen molar-refractivity contribution in [1.82, 2.24) is 24.8 Å². The molecule has 1 aliphatic rings. The largest absolute Gasteiger partial charge is 0.348 e. The Morgan fingerprint density at radius 3 is 2.71 bits per heavy atom. The van der Waals surface area contributed by atoms with Crippen LogP contribution in [0, 0.1) is 12.7 Å². The predicted octanol–water partition coefficient (Wildman–Crippen LogP) is 3.01. The van der Waals surface area contributed by atoms with Gasteiger partial charge in [0.25, 0.3) is 5.91 Å². The first-order valence-electron chi connectivity index (χ1n) is 9.90. The first-order valence-corrected chi connectivity index (χ1v) is 10.7. The summed E-state index contributed by atoms with van der Waals surface area (Å²) in [5.74, 6) is -0.341. The lowest BCUT2D eigenvalue weighted by molar-refractivity contribution is -0.132. The monoisotopic (exact) mass is 442 g/mol. The topological polar surface area (TPSA) is 91.3 Å². The number of carbonyl (C=O) groups excluding carboxylic acids is 2. The molecular weight excluding hydrogens is 419 g/mol. The van der Waals surface area contributed by atoms with Crippen LogP contribution in [-0.4, -0.2) is 62.7 Å². The Hall–Kier alpha value is -3.14. The number of rotatable bonds is 5. The van der Waals surface area contributed by atoms with Crippen LogP contribution in [0.15, 0.2) is 24.5 Å². The number of carbonyl (C=O) groups is 2. The average Bonchev–Trinajstić information content (AvgIpc) is 3.05. The zero-order valence-electron chi connectivity index (χ0n) is 17.7. The third-order valence-electron chi connectivity index (χ3n) is 5.46. The van der Waals surface area contributed by atoms with Crippen LogP contribution < -0.4 is 5.32 Å². The number of nitrogens with one attached hydrogen (secondary N) is 1. The number of likely N-dealkylation sites (tertiary alicyclic amines) is 1. The average molecular weight is 443 g/mol. The molecule has 1 aliphatic heterocycles. The van der Waals surface area contributed by atoms with E-state index >= 15 is 0 Å². The molecule has 1 saturated heterocycles. The molecule has 0 aliphatic carbocycles. The summed E-state index contributed by atoms with van der Waals surface area (Å²) in [5, 5.41) is 3.15. The summed E-state index contributed by atoms with van der Waals surface area (Å²) in [5.41, 5.74) is 1.67. The molecule has 0 aromatic carbocycles. The number of thiophene rings is 1. The van der Waals surface area contributed by atoms with E-state index in [-0.39, 0.29) is 23.9 Å². The molecule has 10 heteroatoms. The van der Waals surface area contributed by atoms with Crippen LogP contribution in [0.25, 0.3) is 10.2 Å². The maximum absolute atomic E-state index is 13.5. The highest BCUT2D eigenvalue weighted by Gasteiger charge is 2.36. The molecule has 4 rings (SSSR count). The van der Waals surface area contributed by atoms with Crippen LogP contribution in [-0.2, 0) is 4.79 Å². The molecule has 0 bridgehead atoms. The molecule has 0 saturated carbocycles. The lowest BCUT2D eigenvalue weighted by Crippen LogP contribution is -2.61. The predicted molar refractivity (Wildman–Crippen MR) is 117 cm³/mol. The van der Waals surface area contributed by atoms with Gasteiger partial charge in [0.05, 0.1) is 28.5 Å². The van der Waals surface area contributed by atoms with E-state index in [9.17, 15) is 14.0 Å². The summed E-state index contributed by atoms with van der Waals surface area (Å²) in [6.45, 7) is 6.26. The minimum atomic E-state index is -0.422. The van der Waals surface area contributed by atoms with Crippen LogP contribution in [0.5, 0.6) is 0 Å². The smallest absolute Gasteiger partial charge is 0.274 e. The summed E-state index contributed by atoms with van der Waals surface area (Å²) in [6.07, 6.45) is 2.72. The fourth-order valence-electron chi connectivity index (χ4n) is 3.47. The van der Waals surface area contributed by atoms with E-state index in [1.54, 1.807) is 23.0 Å². The van der Waals surface area contributed by atoms with Crippen molar-refractivity contribution in [2.24, 2.45) is 0 Å². The number of pyridine rings is 1. The highest BCUT2D eigenvalue weighted by molar-refractivity contribution is 7.19. The fourth-order valence-corrected chi connectivity index (χ4v) is 4.41. The van der Waals surface area contributed by atoms with E-state index in [1.807, 2.05) is 19.9 Å². The van der Waals surface area contributed by atoms with Crippen molar-refractivity contribution in [2.45, 2.75) is 32.9 Å². The number of fused-ring (bicyclic) bond motifs is 1. The molecule has 0 spiro atoms. The number of amides is 2. The number of aromatic nitrogens is 3.